The number of piperidine rings is 1. The molecule has 0 spiro atoms. The summed E-state index contributed by atoms with van der Waals surface area (Å²) in [7, 11) is 0. The summed E-state index contributed by atoms with van der Waals surface area (Å²) in [5.74, 6) is -3.00. The van der Waals surface area contributed by atoms with Gasteiger partial charge in [-0.1, -0.05) is 18.2 Å². The zero-order valence-electron chi connectivity index (χ0n) is 13.7. The SMILES string of the molecule is O=C(N[C@@H]1CCN(C(=O)c2ccccc2)C[C@H]1O)c1ncc(F)cc1F. The zero-order valence-corrected chi connectivity index (χ0v) is 13.7. The van der Waals surface area contributed by atoms with Crippen LogP contribution in [0.5, 0.6) is 0 Å². The molecule has 3 rings (SSSR count). The number of aromatic nitrogens is 1. The first-order valence-electron chi connectivity index (χ1n) is 8.10. The average Bonchev–Trinajstić information content (AvgIpc) is 2.63. The average molecular weight is 361 g/mol. The molecule has 1 aliphatic rings. The van der Waals surface area contributed by atoms with Crippen molar-refractivity contribution in [2.24, 2.45) is 0 Å². The molecule has 1 aromatic carbocycles. The Hall–Kier alpha value is -2.87. The first kappa shape index (κ1) is 17.9. The van der Waals surface area contributed by atoms with Crippen LogP contribution in [0.25, 0.3) is 0 Å². The van der Waals surface area contributed by atoms with E-state index in [4.69, 9.17) is 0 Å². The highest BCUT2D eigenvalue weighted by Gasteiger charge is 2.32. The highest BCUT2D eigenvalue weighted by atomic mass is 19.1. The number of halogens is 2. The monoisotopic (exact) mass is 361 g/mol. The Balaban J connectivity index is 1.62. The van der Waals surface area contributed by atoms with Gasteiger partial charge < -0.3 is 15.3 Å². The van der Waals surface area contributed by atoms with E-state index < -0.39 is 35.4 Å². The molecule has 6 nitrogen and oxygen atoms in total. The highest BCUT2D eigenvalue weighted by Crippen LogP contribution is 2.16. The van der Waals surface area contributed by atoms with Crippen molar-refractivity contribution in [3.63, 3.8) is 0 Å². The molecule has 0 unspecified atom stereocenters. The Morgan fingerprint density at radius 1 is 1.23 bits per heavy atom. The Morgan fingerprint density at radius 3 is 2.62 bits per heavy atom. The molecule has 2 aromatic rings. The third-order valence-electron chi connectivity index (χ3n) is 4.23. The second-order valence-electron chi connectivity index (χ2n) is 6.04. The fourth-order valence-corrected chi connectivity index (χ4v) is 2.87. The van der Waals surface area contributed by atoms with Gasteiger partial charge in [-0.3, -0.25) is 9.59 Å². The summed E-state index contributed by atoms with van der Waals surface area (Å²) in [4.78, 5) is 29.4. The highest BCUT2D eigenvalue weighted by molar-refractivity contribution is 5.94. The van der Waals surface area contributed by atoms with E-state index in [1.54, 1.807) is 30.3 Å². The van der Waals surface area contributed by atoms with Gasteiger partial charge in [0.15, 0.2) is 11.5 Å². The van der Waals surface area contributed by atoms with Crippen LogP contribution in [0.2, 0.25) is 0 Å². The summed E-state index contributed by atoms with van der Waals surface area (Å²) in [5.41, 5.74) is -0.0267. The van der Waals surface area contributed by atoms with Crippen LogP contribution < -0.4 is 5.32 Å². The zero-order chi connectivity index (χ0) is 18.7. The van der Waals surface area contributed by atoms with E-state index in [2.05, 4.69) is 10.3 Å². The number of hydrogen-bond acceptors (Lipinski definition) is 4. The van der Waals surface area contributed by atoms with Gasteiger partial charge in [-0.05, 0) is 18.6 Å². The van der Waals surface area contributed by atoms with Crippen molar-refractivity contribution in [1.29, 1.82) is 0 Å². The molecule has 2 N–H and O–H groups in total. The minimum absolute atomic E-state index is 0.0397. The van der Waals surface area contributed by atoms with Crippen LogP contribution in [0.1, 0.15) is 27.3 Å². The number of aliphatic hydroxyl groups is 1. The summed E-state index contributed by atoms with van der Waals surface area (Å²) in [6, 6.07) is 8.59. The third kappa shape index (κ3) is 3.85. The number of carbonyl (C=O) groups is 2. The van der Waals surface area contributed by atoms with E-state index in [-0.39, 0.29) is 12.5 Å². The second-order valence-corrected chi connectivity index (χ2v) is 6.04. The van der Waals surface area contributed by atoms with E-state index in [1.807, 2.05) is 0 Å². The minimum atomic E-state index is -1.08. The maximum absolute atomic E-state index is 13.6. The van der Waals surface area contributed by atoms with E-state index >= 15 is 0 Å². The maximum atomic E-state index is 13.6. The molecule has 2 atom stereocenters. The molecule has 8 heteroatoms. The van der Waals surface area contributed by atoms with E-state index in [0.29, 0.717) is 24.6 Å². The van der Waals surface area contributed by atoms with E-state index in [0.717, 1.165) is 6.20 Å². The normalized spacial score (nSPS) is 19.9. The molecule has 1 fully saturated rings. The van der Waals surface area contributed by atoms with Gasteiger partial charge in [-0.15, -0.1) is 0 Å². The number of benzene rings is 1. The fraction of sp³-hybridized carbons (Fsp3) is 0.278. The Bertz CT molecular complexity index is 817. The number of aliphatic hydroxyl groups excluding tert-OH is 1. The van der Waals surface area contributed by atoms with Gasteiger partial charge >= 0.3 is 0 Å². The van der Waals surface area contributed by atoms with Crippen LogP contribution in [-0.2, 0) is 0 Å². The molecule has 0 saturated carbocycles. The van der Waals surface area contributed by atoms with Gasteiger partial charge in [0.25, 0.3) is 11.8 Å². The molecule has 0 bridgehead atoms. The first-order valence-corrected chi connectivity index (χ1v) is 8.10. The fourth-order valence-electron chi connectivity index (χ4n) is 2.87. The van der Waals surface area contributed by atoms with Crippen molar-refractivity contribution >= 4 is 11.8 Å². The molecule has 2 amide bonds. The van der Waals surface area contributed by atoms with Crippen molar-refractivity contribution in [2.45, 2.75) is 18.6 Å². The van der Waals surface area contributed by atoms with Crippen molar-refractivity contribution in [3.8, 4) is 0 Å². The molecular formula is C18H17F2N3O3. The van der Waals surface area contributed by atoms with Crippen molar-refractivity contribution in [2.75, 3.05) is 13.1 Å². The second kappa shape index (κ2) is 7.57. The topological polar surface area (TPSA) is 82.5 Å². The number of pyridine rings is 1. The van der Waals surface area contributed by atoms with Crippen LogP contribution in [0.3, 0.4) is 0 Å². The Labute approximate surface area is 148 Å². The van der Waals surface area contributed by atoms with Gasteiger partial charge in [0.1, 0.15) is 5.82 Å². The number of nitrogens with one attached hydrogen (secondary N) is 1. The van der Waals surface area contributed by atoms with Gasteiger partial charge in [0.05, 0.1) is 18.3 Å². The van der Waals surface area contributed by atoms with Crippen LogP contribution in [-0.4, -0.2) is 52.0 Å². The summed E-state index contributed by atoms with van der Waals surface area (Å²) in [6.45, 7) is 0.368. The number of hydrogen-bond donors (Lipinski definition) is 2. The Kier molecular flexibility index (Phi) is 5.22. The standard InChI is InChI=1S/C18H17F2N3O3/c19-12-8-13(20)16(21-9-12)17(25)22-14-6-7-23(10-15(14)24)18(26)11-4-2-1-3-5-11/h1-5,8-9,14-15,24H,6-7,10H2,(H,22,25)/t14-,15-/m1/s1. The summed E-state index contributed by atoms with van der Waals surface area (Å²) in [6.07, 6.45) is 0.0352. The summed E-state index contributed by atoms with van der Waals surface area (Å²) < 4.78 is 26.5. The van der Waals surface area contributed by atoms with Crippen LogP contribution in [0.15, 0.2) is 42.6 Å². The van der Waals surface area contributed by atoms with Crippen LogP contribution >= 0.6 is 0 Å². The van der Waals surface area contributed by atoms with Crippen molar-refractivity contribution in [1.82, 2.24) is 15.2 Å². The molecule has 0 aliphatic carbocycles. The number of likely N-dealkylation sites (tertiary alicyclic amines) is 1. The lowest BCUT2D eigenvalue weighted by Crippen LogP contribution is -2.55. The molecule has 1 aliphatic heterocycles. The summed E-state index contributed by atoms with van der Waals surface area (Å²) in [5, 5.41) is 12.8. The van der Waals surface area contributed by atoms with Gasteiger partial charge in [-0.25, -0.2) is 13.8 Å². The predicted molar refractivity (Wildman–Crippen MR) is 88.4 cm³/mol. The largest absolute Gasteiger partial charge is 0.389 e. The van der Waals surface area contributed by atoms with Crippen molar-refractivity contribution < 1.29 is 23.5 Å². The van der Waals surface area contributed by atoms with Gasteiger partial charge in [0, 0.05) is 24.7 Å². The molecule has 0 radical (unpaired) electrons. The first-order chi connectivity index (χ1) is 12.5. The Morgan fingerprint density at radius 2 is 1.96 bits per heavy atom. The third-order valence-corrected chi connectivity index (χ3v) is 4.23. The predicted octanol–water partition coefficient (Wildman–Crippen LogP) is 1.37. The van der Waals surface area contributed by atoms with E-state index in [1.165, 1.54) is 4.90 Å². The number of β-amino-alcohol motifs (C(OH)–C–C–N with tert-alkyl or cyclic N) is 1. The number of nitrogens with zero attached hydrogens (tertiary/aromatic N) is 2. The van der Waals surface area contributed by atoms with Crippen LogP contribution in [0.4, 0.5) is 8.78 Å². The maximum Gasteiger partial charge on any atom is 0.273 e. The van der Waals surface area contributed by atoms with Crippen molar-refractivity contribution in [3.05, 3.63) is 65.5 Å². The molecular weight excluding hydrogens is 344 g/mol. The molecule has 136 valence electrons. The smallest absolute Gasteiger partial charge is 0.273 e. The summed E-state index contributed by atoms with van der Waals surface area (Å²) >= 11 is 0. The number of amides is 2. The lowest BCUT2D eigenvalue weighted by atomic mass is 10.0. The molecule has 1 saturated heterocycles. The van der Waals surface area contributed by atoms with Gasteiger partial charge in [-0.2, -0.15) is 0 Å². The molecule has 2 heterocycles. The quantitative estimate of drug-likeness (QED) is 0.865. The van der Waals surface area contributed by atoms with E-state index in [9.17, 15) is 23.5 Å². The van der Waals surface area contributed by atoms with Gasteiger partial charge in [0.2, 0.25) is 0 Å². The molecule has 1 aromatic heterocycles. The number of rotatable bonds is 3. The minimum Gasteiger partial charge on any atom is -0.389 e. The lowest BCUT2D eigenvalue weighted by Gasteiger charge is -2.36. The molecule has 26 heavy (non-hydrogen) atoms. The number of carbonyl (C=O) groups excluding carboxylic acids is 2. The van der Waals surface area contributed by atoms with Crippen LogP contribution in [0, 0.1) is 11.6 Å². The lowest BCUT2D eigenvalue weighted by molar-refractivity contribution is 0.0313.